The minimum Gasteiger partial charge on any atom is -0.393 e. The molecule has 2 aromatic heterocycles. The highest BCUT2D eigenvalue weighted by molar-refractivity contribution is 6.33. The quantitative estimate of drug-likeness (QED) is 0.521. The summed E-state index contributed by atoms with van der Waals surface area (Å²) < 4.78 is 0. The Kier molecular flexibility index (Phi) is 2.32. The van der Waals surface area contributed by atoms with E-state index in [2.05, 4.69) is 9.97 Å². The average molecular weight is 261 g/mol. The fourth-order valence-corrected chi connectivity index (χ4v) is 1.65. The number of nitrogens with two attached hydrogens (primary N) is 2. The Morgan fingerprint density at radius 3 is 1.44 bits per heavy atom. The first-order valence-electron chi connectivity index (χ1n) is 4.11. The van der Waals surface area contributed by atoms with Gasteiger partial charge in [-0.3, -0.25) is 9.59 Å². The summed E-state index contributed by atoms with van der Waals surface area (Å²) in [4.78, 5) is 28.3. The molecular formula is C8H6Cl2N4O2. The molecule has 0 aromatic carbocycles. The van der Waals surface area contributed by atoms with Gasteiger partial charge in [-0.25, -0.2) is 0 Å². The van der Waals surface area contributed by atoms with Crippen molar-refractivity contribution in [3.8, 4) is 0 Å². The summed E-state index contributed by atoms with van der Waals surface area (Å²) in [5.74, 6) is 0. The molecule has 0 amide bonds. The number of fused-ring (bicyclic) bond motifs is 1. The summed E-state index contributed by atoms with van der Waals surface area (Å²) in [5.41, 5.74) is 9.15. The second-order valence-electron chi connectivity index (χ2n) is 3.11. The minimum absolute atomic E-state index is 0.0499. The summed E-state index contributed by atoms with van der Waals surface area (Å²) in [6.07, 6.45) is 0. The molecule has 6 nitrogen and oxygen atoms in total. The third-order valence-electron chi connectivity index (χ3n) is 2.14. The van der Waals surface area contributed by atoms with E-state index in [9.17, 15) is 9.59 Å². The summed E-state index contributed by atoms with van der Waals surface area (Å²) in [6.45, 7) is 0. The Balaban J connectivity index is 3.16. The highest BCUT2D eigenvalue weighted by Gasteiger charge is 2.14. The summed E-state index contributed by atoms with van der Waals surface area (Å²) in [5, 5.41) is -0.213. The summed E-state index contributed by atoms with van der Waals surface area (Å²) in [7, 11) is 0. The van der Waals surface area contributed by atoms with Crippen molar-refractivity contribution < 1.29 is 0 Å². The molecule has 8 heteroatoms. The predicted octanol–water partition coefficient (Wildman–Crippen LogP) is 0.688. The van der Waals surface area contributed by atoms with Crippen molar-refractivity contribution in [3.05, 3.63) is 30.8 Å². The van der Waals surface area contributed by atoms with Gasteiger partial charge in [0.25, 0.3) is 0 Å². The number of aromatic amines is 2. The van der Waals surface area contributed by atoms with Crippen LogP contribution < -0.4 is 22.3 Å². The van der Waals surface area contributed by atoms with Crippen molar-refractivity contribution in [2.75, 3.05) is 11.5 Å². The SMILES string of the molecule is Nc1c(Cl)[nH]c2c(=O)c(N)c(Cl)[nH]c2c1=O. The standard InChI is InChI=1S/C8H6Cl2N4O2/c9-7-1(11)5(15)3-4(13-7)6(16)2(12)8(10)14-3/h11-12H2,(H,13,15)(H,14,16). The van der Waals surface area contributed by atoms with E-state index in [0.717, 1.165) is 0 Å². The average Bonchev–Trinajstić information content (AvgIpc) is 2.25. The first kappa shape index (κ1) is 10.8. The highest BCUT2D eigenvalue weighted by Crippen LogP contribution is 2.18. The molecule has 84 valence electrons. The van der Waals surface area contributed by atoms with Gasteiger partial charge in [-0.15, -0.1) is 0 Å². The van der Waals surface area contributed by atoms with Gasteiger partial charge in [-0.2, -0.15) is 0 Å². The van der Waals surface area contributed by atoms with Gasteiger partial charge in [0.05, 0.1) is 0 Å². The molecule has 0 unspecified atom stereocenters. The first-order valence-corrected chi connectivity index (χ1v) is 4.87. The minimum atomic E-state index is -0.599. The van der Waals surface area contributed by atoms with Crippen LogP contribution >= 0.6 is 23.2 Å². The Labute approximate surface area is 98.2 Å². The van der Waals surface area contributed by atoms with Crippen LogP contribution in [0.25, 0.3) is 11.0 Å². The van der Waals surface area contributed by atoms with Gasteiger partial charge in [-0.05, 0) is 0 Å². The molecule has 0 radical (unpaired) electrons. The summed E-state index contributed by atoms with van der Waals surface area (Å²) in [6, 6.07) is 0. The molecule has 0 aliphatic rings. The Hall–Kier alpha value is -1.66. The Morgan fingerprint density at radius 1 is 0.812 bits per heavy atom. The van der Waals surface area contributed by atoms with Crippen molar-refractivity contribution in [1.29, 1.82) is 0 Å². The van der Waals surface area contributed by atoms with Crippen LogP contribution in [-0.4, -0.2) is 9.97 Å². The van der Waals surface area contributed by atoms with Crippen molar-refractivity contribution in [1.82, 2.24) is 9.97 Å². The van der Waals surface area contributed by atoms with Crippen LogP contribution in [0, 0.1) is 0 Å². The van der Waals surface area contributed by atoms with Crippen LogP contribution in [0.4, 0.5) is 11.4 Å². The monoisotopic (exact) mass is 260 g/mol. The second-order valence-corrected chi connectivity index (χ2v) is 3.87. The van der Waals surface area contributed by atoms with Crippen LogP contribution in [0.3, 0.4) is 0 Å². The largest absolute Gasteiger partial charge is 0.393 e. The lowest BCUT2D eigenvalue weighted by atomic mass is 10.2. The van der Waals surface area contributed by atoms with E-state index < -0.39 is 10.9 Å². The number of pyridine rings is 2. The lowest BCUT2D eigenvalue weighted by Crippen LogP contribution is -2.19. The van der Waals surface area contributed by atoms with Gasteiger partial charge in [0.15, 0.2) is 0 Å². The van der Waals surface area contributed by atoms with Gasteiger partial charge in [0.2, 0.25) is 10.9 Å². The molecule has 0 saturated heterocycles. The molecule has 0 fully saturated rings. The van der Waals surface area contributed by atoms with Gasteiger partial charge in [-0.1, -0.05) is 23.2 Å². The van der Waals surface area contributed by atoms with Gasteiger partial charge >= 0.3 is 0 Å². The van der Waals surface area contributed by atoms with Crippen molar-refractivity contribution >= 4 is 45.6 Å². The van der Waals surface area contributed by atoms with E-state index in [-0.39, 0.29) is 32.7 Å². The number of hydrogen-bond acceptors (Lipinski definition) is 4. The molecule has 0 bridgehead atoms. The van der Waals surface area contributed by atoms with E-state index in [4.69, 9.17) is 34.7 Å². The first-order chi connectivity index (χ1) is 7.43. The smallest absolute Gasteiger partial charge is 0.230 e. The molecule has 2 rings (SSSR count). The zero-order chi connectivity index (χ0) is 12.0. The highest BCUT2D eigenvalue weighted by atomic mass is 35.5. The predicted molar refractivity (Wildman–Crippen MR) is 64.0 cm³/mol. The number of aromatic nitrogens is 2. The maximum Gasteiger partial charge on any atom is 0.230 e. The maximum absolute atomic E-state index is 11.7. The van der Waals surface area contributed by atoms with Crippen LogP contribution in [0.1, 0.15) is 0 Å². The fourth-order valence-electron chi connectivity index (χ4n) is 1.29. The summed E-state index contributed by atoms with van der Waals surface area (Å²) >= 11 is 11.3. The van der Waals surface area contributed by atoms with Gasteiger partial charge < -0.3 is 21.4 Å². The topological polar surface area (TPSA) is 118 Å². The zero-order valence-corrected chi connectivity index (χ0v) is 9.24. The molecule has 0 aliphatic heterocycles. The van der Waals surface area contributed by atoms with E-state index in [1.54, 1.807) is 0 Å². The van der Waals surface area contributed by atoms with Crippen LogP contribution in [0.15, 0.2) is 9.59 Å². The number of nitrogens with one attached hydrogen (secondary N) is 2. The Morgan fingerprint density at radius 2 is 1.12 bits per heavy atom. The molecular weight excluding hydrogens is 255 g/mol. The van der Waals surface area contributed by atoms with Gasteiger partial charge in [0, 0.05) is 0 Å². The van der Waals surface area contributed by atoms with Crippen molar-refractivity contribution in [2.45, 2.75) is 0 Å². The maximum atomic E-state index is 11.7. The molecule has 6 N–H and O–H groups in total. The second kappa shape index (κ2) is 3.43. The lowest BCUT2D eigenvalue weighted by molar-refractivity contribution is 1.30. The number of rotatable bonds is 0. The van der Waals surface area contributed by atoms with Crippen molar-refractivity contribution in [3.63, 3.8) is 0 Å². The Bertz CT molecular complexity index is 642. The fraction of sp³-hybridized carbons (Fsp3) is 0. The molecule has 0 spiro atoms. The third kappa shape index (κ3) is 1.35. The number of H-pyrrole nitrogens is 2. The van der Waals surface area contributed by atoms with Crippen LogP contribution in [0.2, 0.25) is 10.3 Å². The molecule has 0 atom stereocenters. The van der Waals surface area contributed by atoms with E-state index >= 15 is 0 Å². The third-order valence-corrected chi connectivity index (χ3v) is 2.73. The number of hydrogen-bond donors (Lipinski definition) is 4. The number of halogens is 2. The number of anilines is 2. The van der Waals surface area contributed by atoms with Crippen molar-refractivity contribution in [2.24, 2.45) is 0 Å². The normalized spacial score (nSPS) is 10.9. The molecule has 2 aromatic rings. The molecule has 16 heavy (non-hydrogen) atoms. The number of nitrogen functional groups attached to an aromatic ring is 2. The van der Waals surface area contributed by atoms with Gasteiger partial charge in [0.1, 0.15) is 32.7 Å². The van der Waals surface area contributed by atoms with E-state index in [0.29, 0.717) is 0 Å². The van der Waals surface area contributed by atoms with E-state index in [1.807, 2.05) is 0 Å². The van der Waals surface area contributed by atoms with Crippen LogP contribution in [-0.2, 0) is 0 Å². The van der Waals surface area contributed by atoms with E-state index in [1.165, 1.54) is 0 Å². The molecule has 2 heterocycles. The molecule has 0 aliphatic carbocycles. The van der Waals surface area contributed by atoms with Crippen LogP contribution in [0.5, 0.6) is 0 Å². The lowest BCUT2D eigenvalue weighted by Gasteiger charge is -2.04. The zero-order valence-electron chi connectivity index (χ0n) is 7.73. The molecule has 0 saturated carbocycles.